The number of nitrogens with one attached hydrogen (secondary N) is 2. The lowest BCUT2D eigenvalue weighted by atomic mass is 10.1. The van der Waals surface area contributed by atoms with Gasteiger partial charge in [-0.05, 0) is 36.0 Å². The highest BCUT2D eigenvalue weighted by Crippen LogP contribution is 2.33. The van der Waals surface area contributed by atoms with Crippen LogP contribution in [0.4, 0.5) is 5.69 Å². The van der Waals surface area contributed by atoms with E-state index in [1.807, 2.05) is 0 Å². The molecule has 2 aliphatic rings. The second-order valence-electron chi connectivity index (χ2n) is 5.06. The first-order chi connectivity index (χ1) is 7.86. The first kappa shape index (κ1) is 10.2. The van der Waals surface area contributed by atoms with Gasteiger partial charge >= 0.3 is 0 Å². The lowest BCUT2D eigenvalue weighted by Gasteiger charge is -2.06. The van der Waals surface area contributed by atoms with E-state index in [1.54, 1.807) is 0 Å². The lowest BCUT2D eigenvalue weighted by molar-refractivity contribution is 0.623. The largest absolute Gasteiger partial charge is 0.384 e. The van der Waals surface area contributed by atoms with Crippen LogP contribution in [-0.4, -0.2) is 12.6 Å². The second-order valence-corrected chi connectivity index (χ2v) is 5.06. The zero-order valence-electron chi connectivity index (χ0n) is 9.92. The molecule has 1 saturated carbocycles. The summed E-state index contributed by atoms with van der Waals surface area (Å²) in [4.78, 5) is 0. The maximum Gasteiger partial charge on any atom is 0.0373 e. The SMILES string of the molecule is CCC1CC1NCc1ccc2c(c1)CCN2. The van der Waals surface area contributed by atoms with Crippen LogP contribution >= 0.6 is 0 Å². The van der Waals surface area contributed by atoms with Gasteiger partial charge < -0.3 is 10.6 Å². The Balaban J connectivity index is 1.59. The molecule has 1 fully saturated rings. The van der Waals surface area contributed by atoms with E-state index in [0.29, 0.717) is 0 Å². The molecule has 0 radical (unpaired) electrons. The smallest absolute Gasteiger partial charge is 0.0373 e. The predicted octanol–water partition coefficient (Wildman–Crippen LogP) is 2.54. The summed E-state index contributed by atoms with van der Waals surface area (Å²) in [5, 5.41) is 7.04. The van der Waals surface area contributed by atoms with Gasteiger partial charge in [0.2, 0.25) is 0 Å². The van der Waals surface area contributed by atoms with Gasteiger partial charge in [0.15, 0.2) is 0 Å². The maximum absolute atomic E-state index is 3.64. The fourth-order valence-electron chi connectivity index (χ4n) is 2.67. The highest BCUT2D eigenvalue weighted by atomic mass is 15.0. The van der Waals surface area contributed by atoms with Crippen LogP contribution in [0.2, 0.25) is 0 Å². The number of fused-ring (bicyclic) bond motifs is 1. The van der Waals surface area contributed by atoms with Gasteiger partial charge in [0.25, 0.3) is 0 Å². The molecule has 0 spiro atoms. The molecule has 0 bridgehead atoms. The van der Waals surface area contributed by atoms with Crippen molar-refractivity contribution in [2.45, 2.75) is 38.8 Å². The topological polar surface area (TPSA) is 24.1 Å². The van der Waals surface area contributed by atoms with Crippen LogP contribution in [0.5, 0.6) is 0 Å². The Morgan fingerprint density at radius 3 is 3.19 bits per heavy atom. The van der Waals surface area contributed by atoms with Crippen molar-refractivity contribution < 1.29 is 0 Å². The molecule has 2 nitrogen and oxygen atoms in total. The average molecular weight is 216 g/mol. The van der Waals surface area contributed by atoms with E-state index in [4.69, 9.17) is 0 Å². The van der Waals surface area contributed by atoms with Crippen molar-refractivity contribution in [2.75, 3.05) is 11.9 Å². The predicted molar refractivity (Wildman–Crippen MR) is 67.7 cm³/mol. The average Bonchev–Trinajstić information content (AvgIpc) is 2.93. The van der Waals surface area contributed by atoms with E-state index in [1.165, 1.54) is 36.1 Å². The molecule has 2 atom stereocenters. The van der Waals surface area contributed by atoms with Crippen molar-refractivity contribution in [3.8, 4) is 0 Å². The summed E-state index contributed by atoms with van der Waals surface area (Å²) in [6, 6.07) is 7.61. The van der Waals surface area contributed by atoms with Gasteiger partial charge in [0.05, 0.1) is 0 Å². The van der Waals surface area contributed by atoms with Crippen molar-refractivity contribution >= 4 is 5.69 Å². The number of hydrogen-bond donors (Lipinski definition) is 2. The summed E-state index contributed by atoms with van der Waals surface area (Å²) in [6.45, 7) is 4.43. The van der Waals surface area contributed by atoms with Gasteiger partial charge in [-0.3, -0.25) is 0 Å². The molecule has 0 saturated heterocycles. The molecule has 0 aromatic heterocycles. The third-order valence-corrected chi connectivity index (χ3v) is 3.89. The van der Waals surface area contributed by atoms with Crippen LogP contribution in [-0.2, 0) is 13.0 Å². The fraction of sp³-hybridized carbons (Fsp3) is 0.571. The van der Waals surface area contributed by atoms with E-state index >= 15 is 0 Å². The zero-order chi connectivity index (χ0) is 11.0. The molecule has 1 aliphatic carbocycles. The molecule has 86 valence electrons. The summed E-state index contributed by atoms with van der Waals surface area (Å²) in [5.74, 6) is 0.941. The van der Waals surface area contributed by atoms with E-state index < -0.39 is 0 Å². The molecule has 2 heteroatoms. The normalized spacial score (nSPS) is 26.3. The number of rotatable bonds is 4. The summed E-state index contributed by atoms with van der Waals surface area (Å²) < 4.78 is 0. The van der Waals surface area contributed by atoms with Crippen LogP contribution in [0.25, 0.3) is 0 Å². The van der Waals surface area contributed by atoms with Crippen LogP contribution in [0, 0.1) is 5.92 Å². The van der Waals surface area contributed by atoms with E-state index in [2.05, 4.69) is 35.8 Å². The van der Waals surface area contributed by atoms with Gasteiger partial charge in [-0.1, -0.05) is 25.5 Å². The van der Waals surface area contributed by atoms with Gasteiger partial charge in [-0.25, -0.2) is 0 Å². The minimum absolute atomic E-state index is 0.788. The van der Waals surface area contributed by atoms with Crippen molar-refractivity contribution in [1.82, 2.24) is 5.32 Å². The summed E-state index contributed by atoms with van der Waals surface area (Å²) in [7, 11) is 0. The first-order valence-corrected chi connectivity index (χ1v) is 6.46. The molecule has 3 rings (SSSR count). The molecule has 1 heterocycles. The standard InChI is InChI=1S/C14H20N2/c1-2-11-8-14(11)16-9-10-3-4-13-12(7-10)5-6-15-13/h3-4,7,11,14-16H,2,5-6,8-9H2,1H3. The second kappa shape index (κ2) is 4.10. The molecule has 1 aromatic rings. The molecular formula is C14H20N2. The van der Waals surface area contributed by atoms with Crippen LogP contribution in [0.1, 0.15) is 30.9 Å². The van der Waals surface area contributed by atoms with Crippen LogP contribution < -0.4 is 10.6 Å². The van der Waals surface area contributed by atoms with E-state index in [9.17, 15) is 0 Å². The molecule has 1 aromatic carbocycles. The fourth-order valence-corrected chi connectivity index (χ4v) is 2.67. The summed E-state index contributed by atoms with van der Waals surface area (Å²) >= 11 is 0. The molecule has 2 N–H and O–H groups in total. The molecular weight excluding hydrogens is 196 g/mol. The van der Waals surface area contributed by atoms with Gasteiger partial charge in [0, 0.05) is 24.8 Å². The van der Waals surface area contributed by atoms with Crippen molar-refractivity contribution in [3.63, 3.8) is 0 Å². The Kier molecular flexibility index (Phi) is 2.60. The lowest BCUT2D eigenvalue weighted by Crippen LogP contribution is -2.17. The third kappa shape index (κ3) is 1.94. The van der Waals surface area contributed by atoms with Crippen molar-refractivity contribution in [1.29, 1.82) is 0 Å². The number of hydrogen-bond acceptors (Lipinski definition) is 2. The third-order valence-electron chi connectivity index (χ3n) is 3.89. The van der Waals surface area contributed by atoms with Crippen molar-refractivity contribution in [3.05, 3.63) is 29.3 Å². The Labute approximate surface area is 97.4 Å². The van der Waals surface area contributed by atoms with E-state index in [0.717, 1.165) is 25.0 Å². The quantitative estimate of drug-likeness (QED) is 0.808. The summed E-state index contributed by atoms with van der Waals surface area (Å²) in [6.07, 6.45) is 3.89. The number of benzene rings is 1. The summed E-state index contributed by atoms with van der Waals surface area (Å²) in [5.41, 5.74) is 4.26. The molecule has 1 aliphatic heterocycles. The van der Waals surface area contributed by atoms with Crippen LogP contribution in [0.3, 0.4) is 0 Å². The highest BCUT2D eigenvalue weighted by Gasteiger charge is 2.34. The maximum atomic E-state index is 3.64. The molecule has 0 amide bonds. The molecule has 2 unspecified atom stereocenters. The highest BCUT2D eigenvalue weighted by molar-refractivity contribution is 5.56. The minimum Gasteiger partial charge on any atom is -0.384 e. The van der Waals surface area contributed by atoms with Gasteiger partial charge in [-0.15, -0.1) is 0 Å². The Hall–Kier alpha value is -1.02. The monoisotopic (exact) mass is 216 g/mol. The Morgan fingerprint density at radius 1 is 1.44 bits per heavy atom. The minimum atomic E-state index is 0.788. The zero-order valence-corrected chi connectivity index (χ0v) is 9.92. The number of anilines is 1. The van der Waals surface area contributed by atoms with E-state index in [-0.39, 0.29) is 0 Å². The van der Waals surface area contributed by atoms with Gasteiger partial charge in [0.1, 0.15) is 0 Å². The Bertz CT molecular complexity index is 386. The first-order valence-electron chi connectivity index (χ1n) is 6.46. The van der Waals surface area contributed by atoms with Crippen LogP contribution in [0.15, 0.2) is 18.2 Å². The van der Waals surface area contributed by atoms with Crippen molar-refractivity contribution in [2.24, 2.45) is 5.92 Å². The molecule has 16 heavy (non-hydrogen) atoms. The van der Waals surface area contributed by atoms with Gasteiger partial charge in [-0.2, -0.15) is 0 Å². The Morgan fingerprint density at radius 2 is 2.38 bits per heavy atom.